The molecule has 0 aliphatic carbocycles. The molecular formula is C24H30N2O3. The molecule has 1 amide bonds. The van der Waals surface area contributed by atoms with Gasteiger partial charge >= 0.3 is 0 Å². The van der Waals surface area contributed by atoms with E-state index in [1.54, 1.807) is 0 Å². The standard InChI is InChI=1S/C24H30N2O3/c1-24(2,18-10-11-21-22(16-18)29-15-14-28-21)23(27)25-19-8-7-9-20(17-19)26-12-5-3-4-6-13-26/h7-11,16-17H,3-6,12-15H2,1-2H3,(H,25,27). The number of nitrogens with one attached hydrogen (secondary N) is 1. The Labute approximate surface area is 173 Å². The van der Waals surface area contributed by atoms with Crippen LogP contribution in [0.2, 0.25) is 0 Å². The van der Waals surface area contributed by atoms with Gasteiger partial charge in [0.1, 0.15) is 13.2 Å². The molecule has 2 aliphatic heterocycles. The maximum Gasteiger partial charge on any atom is 0.234 e. The molecule has 0 saturated carbocycles. The summed E-state index contributed by atoms with van der Waals surface area (Å²) in [6.45, 7) is 7.13. The predicted octanol–water partition coefficient (Wildman–Crippen LogP) is 4.75. The van der Waals surface area contributed by atoms with Gasteiger partial charge in [0.2, 0.25) is 5.91 Å². The Morgan fingerprint density at radius 3 is 2.41 bits per heavy atom. The van der Waals surface area contributed by atoms with Gasteiger partial charge in [-0.3, -0.25) is 4.79 Å². The van der Waals surface area contributed by atoms with Gasteiger partial charge in [-0.05, 0) is 62.6 Å². The van der Waals surface area contributed by atoms with E-state index < -0.39 is 5.41 Å². The zero-order valence-corrected chi connectivity index (χ0v) is 17.4. The Kier molecular flexibility index (Phi) is 5.65. The molecule has 2 aromatic rings. The zero-order chi connectivity index (χ0) is 20.3. The minimum Gasteiger partial charge on any atom is -0.486 e. The number of fused-ring (bicyclic) bond motifs is 1. The van der Waals surface area contributed by atoms with Crippen molar-refractivity contribution in [3.8, 4) is 11.5 Å². The predicted molar refractivity (Wildman–Crippen MR) is 116 cm³/mol. The van der Waals surface area contributed by atoms with Crippen molar-refractivity contribution in [2.45, 2.75) is 44.9 Å². The molecule has 2 aliphatic rings. The third-order valence-corrected chi connectivity index (χ3v) is 5.91. The number of rotatable bonds is 4. The number of amides is 1. The quantitative estimate of drug-likeness (QED) is 0.813. The average Bonchev–Trinajstić information content (AvgIpc) is 3.03. The van der Waals surface area contributed by atoms with Crippen LogP contribution in [0.25, 0.3) is 0 Å². The second-order valence-corrected chi connectivity index (χ2v) is 8.39. The van der Waals surface area contributed by atoms with Crippen LogP contribution in [0.5, 0.6) is 11.5 Å². The van der Waals surface area contributed by atoms with Crippen LogP contribution in [0, 0.1) is 0 Å². The highest BCUT2D eigenvalue weighted by Crippen LogP contribution is 2.36. The molecule has 1 saturated heterocycles. The molecular weight excluding hydrogens is 364 g/mol. The molecule has 1 N–H and O–H groups in total. The van der Waals surface area contributed by atoms with E-state index in [0.717, 1.165) is 30.1 Å². The first-order valence-electron chi connectivity index (χ1n) is 10.6. The largest absolute Gasteiger partial charge is 0.486 e. The normalized spacial score (nSPS) is 16.8. The number of hydrogen-bond donors (Lipinski definition) is 1. The number of carbonyl (C=O) groups is 1. The van der Waals surface area contributed by atoms with Crippen LogP contribution in [-0.4, -0.2) is 32.2 Å². The van der Waals surface area contributed by atoms with E-state index in [1.165, 1.54) is 31.4 Å². The molecule has 0 spiro atoms. The van der Waals surface area contributed by atoms with Gasteiger partial charge in [0.25, 0.3) is 0 Å². The van der Waals surface area contributed by atoms with Gasteiger partial charge in [-0.1, -0.05) is 25.0 Å². The summed E-state index contributed by atoms with van der Waals surface area (Å²) in [7, 11) is 0. The van der Waals surface area contributed by atoms with Crippen molar-refractivity contribution < 1.29 is 14.3 Å². The van der Waals surface area contributed by atoms with Crippen molar-refractivity contribution in [2.24, 2.45) is 0 Å². The first kappa shape index (κ1) is 19.6. The molecule has 0 atom stereocenters. The van der Waals surface area contributed by atoms with Crippen LogP contribution in [0.15, 0.2) is 42.5 Å². The summed E-state index contributed by atoms with van der Waals surface area (Å²) < 4.78 is 11.3. The fourth-order valence-electron chi connectivity index (χ4n) is 3.96. The topological polar surface area (TPSA) is 50.8 Å². The van der Waals surface area contributed by atoms with Crippen molar-refractivity contribution in [3.63, 3.8) is 0 Å². The summed E-state index contributed by atoms with van der Waals surface area (Å²) in [4.78, 5) is 15.6. The van der Waals surface area contributed by atoms with Gasteiger partial charge in [0.15, 0.2) is 11.5 Å². The van der Waals surface area contributed by atoms with E-state index in [0.29, 0.717) is 19.0 Å². The number of ether oxygens (including phenoxy) is 2. The second-order valence-electron chi connectivity index (χ2n) is 8.39. The van der Waals surface area contributed by atoms with Crippen LogP contribution in [0.3, 0.4) is 0 Å². The Morgan fingerprint density at radius 2 is 1.66 bits per heavy atom. The number of anilines is 2. The van der Waals surface area contributed by atoms with Crippen LogP contribution in [0.4, 0.5) is 11.4 Å². The first-order chi connectivity index (χ1) is 14.0. The molecule has 5 heteroatoms. The van der Waals surface area contributed by atoms with E-state index in [9.17, 15) is 4.79 Å². The van der Waals surface area contributed by atoms with Gasteiger partial charge in [0.05, 0.1) is 5.41 Å². The van der Waals surface area contributed by atoms with Crippen molar-refractivity contribution in [1.82, 2.24) is 0 Å². The highest BCUT2D eigenvalue weighted by atomic mass is 16.6. The fraction of sp³-hybridized carbons (Fsp3) is 0.458. The van der Waals surface area contributed by atoms with E-state index in [4.69, 9.17) is 9.47 Å². The minimum atomic E-state index is -0.700. The Bertz CT molecular complexity index is 870. The van der Waals surface area contributed by atoms with Crippen molar-refractivity contribution >= 4 is 17.3 Å². The van der Waals surface area contributed by atoms with Crippen LogP contribution in [0.1, 0.15) is 45.1 Å². The molecule has 1 fully saturated rings. The van der Waals surface area contributed by atoms with Gasteiger partial charge in [-0.2, -0.15) is 0 Å². The maximum absolute atomic E-state index is 13.1. The molecule has 0 radical (unpaired) electrons. The van der Waals surface area contributed by atoms with E-state index in [2.05, 4.69) is 22.3 Å². The number of hydrogen-bond acceptors (Lipinski definition) is 4. The van der Waals surface area contributed by atoms with Crippen molar-refractivity contribution in [3.05, 3.63) is 48.0 Å². The Balaban J connectivity index is 1.50. The Hall–Kier alpha value is -2.69. The summed E-state index contributed by atoms with van der Waals surface area (Å²) in [5.41, 5.74) is 2.22. The third kappa shape index (κ3) is 4.34. The molecule has 0 bridgehead atoms. The van der Waals surface area contributed by atoms with Crippen molar-refractivity contribution in [2.75, 3.05) is 36.5 Å². The summed E-state index contributed by atoms with van der Waals surface area (Å²) >= 11 is 0. The molecule has 0 unspecified atom stereocenters. The number of benzene rings is 2. The lowest BCUT2D eigenvalue weighted by atomic mass is 9.83. The molecule has 5 nitrogen and oxygen atoms in total. The lowest BCUT2D eigenvalue weighted by Crippen LogP contribution is -2.35. The smallest absolute Gasteiger partial charge is 0.234 e. The second kappa shape index (κ2) is 8.36. The summed E-state index contributed by atoms with van der Waals surface area (Å²) in [5.74, 6) is 1.40. The monoisotopic (exact) mass is 394 g/mol. The molecule has 29 heavy (non-hydrogen) atoms. The first-order valence-corrected chi connectivity index (χ1v) is 10.6. The number of carbonyl (C=O) groups excluding carboxylic acids is 1. The Morgan fingerprint density at radius 1 is 0.931 bits per heavy atom. The fourth-order valence-corrected chi connectivity index (χ4v) is 3.96. The zero-order valence-electron chi connectivity index (χ0n) is 17.4. The average molecular weight is 395 g/mol. The van der Waals surface area contributed by atoms with Crippen molar-refractivity contribution in [1.29, 1.82) is 0 Å². The molecule has 4 rings (SSSR count). The van der Waals surface area contributed by atoms with E-state index in [-0.39, 0.29) is 5.91 Å². The minimum absolute atomic E-state index is 0.0396. The van der Waals surface area contributed by atoms with Gasteiger partial charge in [-0.15, -0.1) is 0 Å². The highest BCUT2D eigenvalue weighted by Gasteiger charge is 2.31. The summed E-state index contributed by atoms with van der Waals surface area (Å²) in [6, 6.07) is 13.9. The van der Waals surface area contributed by atoms with E-state index in [1.807, 2.05) is 44.2 Å². The molecule has 154 valence electrons. The summed E-state index contributed by atoms with van der Waals surface area (Å²) in [6.07, 6.45) is 5.06. The van der Waals surface area contributed by atoms with Gasteiger partial charge in [0, 0.05) is 24.5 Å². The lowest BCUT2D eigenvalue weighted by molar-refractivity contribution is -0.120. The van der Waals surface area contributed by atoms with Crippen LogP contribution in [-0.2, 0) is 10.2 Å². The van der Waals surface area contributed by atoms with Gasteiger partial charge in [-0.25, -0.2) is 0 Å². The number of nitrogens with zero attached hydrogens (tertiary/aromatic N) is 1. The summed E-state index contributed by atoms with van der Waals surface area (Å²) in [5, 5.41) is 3.12. The van der Waals surface area contributed by atoms with E-state index >= 15 is 0 Å². The molecule has 2 aromatic carbocycles. The van der Waals surface area contributed by atoms with Crippen LogP contribution < -0.4 is 19.7 Å². The van der Waals surface area contributed by atoms with Gasteiger partial charge < -0.3 is 19.7 Å². The molecule has 2 heterocycles. The maximum atomic E-state index is 13.1. The van der Waals surface area contributed by atoms with Crippen LogP contribution >= 0.6 is 0 Å². The molecule has 0 aromatic heterocycles. The SMILES string of the molecule is CC(C)(C(=O)Nc1cccc(N2CCCCCC2)c1)c1ccc2c(c1)OCCO2. The highest BCUT2D eigenvalue weighted by molar-refractivity contribution is 5.99. The lowest BCUT2D eigenvalue weighted by Gasteiger charge is -2.27. The third-order valence-electron chi connectivity index (χ3n) is 5.91.